The highest BCUT2D eigenvalue weighted by Gasteiger charge is 2.32. The van der Waals surface area contributed by atoms with Crippen molar-refractivity contribution in [2.24, 2.45) is 0 Å². The van der Waals surface area contributed by atoms with E-state index < -0.39 is 0 Å². The minimum atomic E-state index is -0.378. The number of amidine groups is 1. The fourth-order valence-corrected chi connectivity index (χ4v) is 4.40. The number of ether oxygens (including phenoxy) is 3. The van der Waals surface area contributed by atoms with Crippen molar-refractivity contribution < 1.29 is 19.0 Å². The first-order valence-electron chi connectivity index (χ1n) is 11.7. The smallest absolute Gasteiger partial charge is 0.409 e. The lowest BCUT2D eigenvalue weighted by molar-refractivity contribution is 0.0796. The number of amides is 1. The molecule has 3 aliphatic rings. The van der Waals surface area contributed by atoms with Crippen LogP contribution in [0.15, 0.2) is 23.4 Å². The second-order valence-corrected chi connectivity index (χ2v) is 8.45. The van der Waals surface area contributed by atoms with E-state index in [2.05, 4.69) is 5.32 Å². The van der Waals surface area contributed by atoms with Gasteiger partial charge < -0.3 is 29.3 Å². The summed E-state index contributed by atoms with van der Waals surface area (Å²) in [5.74, 6) is 1.07. The summed E-state index contributed by atoms with van der Waals surface area (Å²) in [5, 5.41) is 13.4. The highest BCUT2D eigenvalue weighted by Crippen LogP contribution is 2.37. The van der Waals surface area contributed by atoms with E-state index in [1.54, 1.807) is 4.90 Å². The molecule has 1 amide bonds. The predicted octanol–water partition coefficient (Wildman–Crippen LogP) is 4.35. The number of benzene rings is 1. The van der Waals surface area contributed by atoms with Gasteiger partial charge in [0, 0.05) is 48.5 Å². The Hall–Kier alpha value is -2.45. The molecule has 3 heterocycles. The van der Waals surface area contributed by atoms with Gasteiger partial charge in [-0.2, -0.15) is 0 Å². The van der Waals surface area contributed by atoms with Gasteiger partial charge in [-0.15, -0.1) is 0 Å². The Labute approximate surface area is 201 Å². The largest absolute Gasteiger partial charge is 0.490 e. The quantitative estimate of drug-likeness (QED) is 0.496. The zero-order valence-electron chi connectivity index (χ0n) is 20.0. The lowest BCUT2D eigenvalue weighted by atomic mass is 10.0. The number of nitrogens with zero attached hydrogens (tertiary/aromatic N) is 2. The number of carbonyl (C=O) groups excluding carboxylic acids is 1. The topological polar surface area (TPSA) is 87.1 Å². The Kier molecular flexibility index (Phi) is 8.86. The van der Waals surface area contributed by atoms with Crippen molar-refractivity contribution in [2.45, 2.75) is 46.1 Å². The Bertz CT molecular complexity index is 899. The normalized spacial score (nSPS) is 18.6. The van der Waals surface area contributed by atoms with Crippen molar-refractivity contribution >= 4 is 29.2 Å². The number of anilines is 1. The molecule has 33 heavy (non-hydrogen) atoms. The molecule has 1 aromatic rings. The van der Waals surface area contributed by atoms with Gasteiger partial charge in [0.2, 0.25) is 0 Å². The van der Waals surface area contributed by atoms with Crippen LogP contribution in [0, 0.1) is 12.3 Å². The molecule has 0 aliphatic carbocycles. The van der Waals surface area contributed by atoms with Gasteiger partial charge in [-0.25, -0.2) is 4.79 Å². The van der Waals surface area contributed by atoms with Gasteiger partial charge in [-0.05, 0) is 37.5 Å². The zero-order chi connectivity index (χ0) is 24.0. The highest BCUT2D eigenvalue weighted by molar-refractivity contribution is 6.32. The molecule has 0 unspecified atom stereocenters. The molecular weight excluding hydrogens is 444 g/mol. The molecular formula is C24H35ClN4O4. The number of hydrogen-bond donors (Lipinski definition) is 2. The average molecular weight is 479 g/mol. The van der Waals surface area contributed by atoms with Gasteiger partial charge >= 0.3 is 6.09 Å². The van der Waals surface area contributed by atoms with E-state index in [9.17, 15) is 4.79 Å². The first kappa shape index (κ1) is 25.2. The van der Waals surface area contributed by atoms with Crippen molar-refractivity contribution in [1.29, 1.82) is 5.41 Å². The van der Waals surface area contributed by atoms with Crippen LogP contribution in [0.1, 0.15) is 38.7 Å². The minimum Gasteiger partial charge on any atom is -0.490 e. The van der Waals surface area contributed by atoms with Crippen LogP contribution >= 0.6 is 11.6 Å². The Morgan fingerprint density at radius 1 is 1.21 bits per heavy atom. The summed E-state index contributed by atoms with van der Waals surface area (Å²) in [5.41, 5.74) is 3.53. The summed E-state index contributed by atoms with van der Waals surface area (Å²) in [6, 6.07) is 4.08. The first-order valence-corrected chi connectivity index (χ1v) is 12.0. The lowest BCUT2D eigenvalue weighted by Crippen LogP contribution is -2.47. The summed E-state index contributed by atoms with van der Waals surface area (Å²) >= 11 is 6.38. The molecule has 0 atom stereocenters. The maximum atomic E-state index is 12.2. The molecule has 4 rings (SSSR count). The predicted molar refractivity (Wildman–Crippen MR) is 131 cm³/mol. The highest BCUT2D eigenvalue weighted by atomic mass is 35.5. The third-order valence-corrected chi connectivity index (χ3v) is 6.44. The third kappa shape index (κ3) is 5.73. The second kappa shape index (κ2) is 11.6. The van der Waals surface area contributed by atoms with Crippen LogP contribution in [0.4, 0.5) is 10.5 Å². The number of rotatable bonds is 3. The molecule has 182 valence electrons. The maximum Gasteiger partial charge on any atom is 0.409 e. The van der Waals surface area contributed by atoms with Gasteiger partial charge in [-0.3, -0.25) is 5.41 Å². The molecule has 2 N–H and O–H groups in total. The fourth-order valence-electron chi connectivity index (χ4n) is 4.25. The van der Waals surface area contributed by atoms with E-state index in [-0.39, 0.29) is 6.09 Å². The number of aryl methyl sites for hydroxylation is 1. The van der Waals surface area contributed by atoms with E-state index in [0.29, 0.717) is 49.6 Å². The van der Waals surface area contributed by atoms with Crippen molar-refractivity contribution in [1.82, 2.24) is 10.2 Å². The van der Waals surface area contributed by atoms with E-state index in [1.807, 2.05) is 37.8 Å². The number of carbonyl (C=O) groups is 1. The van der Waals surface area contributed by atoms with Gasteiger partial charge in [0.25, 0.3) is 0 Å². The van der Waals surface area contributed by atoms with Crippen LogP contribution < -0.4 is 15.0 Å². The summed E-state index contributed by atoms with van der Waals surface area (Å²) in [6.07, 6.45) is 2.13. The standard InChI is InChI=1S/C22H29ClN4O4.C2H6/c1-14-11-20-19(12-17(14)23)27(7-10-31-20)21(24)16-13-26(22(28)29-2)6-3-18(16)25-15-4-8-30-9-5-15;1-2/h11-12,15,24-25H,3-10,13H2,1-2H3;1-2H3. The minimum absolute atomic E-state index is 0.310. The van der Waals surface area contributed by atoms with Crippen LogP contribution in [-0.2, 0) is 9.47 Å². The number of hydrogen-bond acceptors (Lipinski definition) is 6. The van der Waals surface area contributed by atoms with Crippen LogP contribution in [-0.4, -0.2) is 69.4 Å². The molecule has 9 heteroatoms. The van der Waals surface area contributed by atoms with Crippen LogP contribution in [0.25, 0.3) is 0 Å². The molecule has 0 saturated carbocycles. The molecule has 0 radical (unpaired) electrons. The van der Waals surface area contributed by atoms with E-state index in [0.717, 1.165) is 54.3 Å². The second-order valence-electron chi connectivity index (χ2n) is 8.05. The van der Waals surface area contributed by atoms with Gasteiger partial charge in [0.15, 0.2) is 0 Å². The molecule has 0 bridgehead atoms. The van der Waals surface area contributed by atoms with Crippen LogP contribution in [0.2, 0.25) is 5.02 Å². The average Bonchev–Trinajstić information content (AvgIpc) is 2.85. The van der Waals surface area contributed by atoms with Gasteiger partial charge in [0.05, 0.1) is 25.9 Å². The van der Waals surface area contributed by atoms with Crippen LogP contribution in [0.3, 0.4) is 0 Å². The lowest BCUT2D eigenvalue weighted by Gasteiger charge is -2.37. The van der Waals surface area contributed by atoms with E-state index in [4.69, 9.17) is 31.2 Å². The summed E-state index contributed by atoms with van der Waals surface area (Å²) in [7, 11) is 1.38. The summed E-state index contributed by atoms with van der Waals surface area (Å²) in [6.45, 7) is 9.30. The molecule has 0 aromatic heterocycles. The maximum absolute atomic E-state index is 12.2. The Morgan fingerprint density at radius 2 is 1.94 bits per heavy atom. The van der Waals surface area contributed by atoms with Gasteiger partial charge in [-0.1, -0.05) is 25.4 Å². The monoisotopic (exact) mass is 478 g/mol. The molecule has 1 fully saturated rings. The SMILES string of the molecule is CC.COC(=O)N1CCC(NC2CCOCC2)=C(C(=N)N2CCOc3cc(C)c(Cl)cc32)C1. The van der Waals surface area contributed by atoms with Crippen molar-refractivity contribution in [3.63, 3.8) is 0 Å². The Balaban J connectivity index is 0.00000149. The molecule has 8 nitrogen and oxygen atoms in total. The number of halogens is 1. The molecule has 1 saturated heterocycles. The zero-order valence-corrected chi connectivity index (χ0v) is 20.8. The number of methoxy groups -OCH3 is 1. The van der Waals surface area contributed by atoms with Crippen molar-refractivity contribution in [2.75, 3.05) is 51.5 Å². The summed E-state index contributed by atoms with van der Waals surface area (Å²) < 4.78 is 16.2. The Morgan fingerprint density at radius 3 is 2.64 bits per heavy atom. The van der Waals surface area contributed by atoms with Crippen molar-refractivity contribution in [3.05, 3.63) is 34.0 Å². The number of fused-ring (bicyclic) bond motifs is 1. The van der Waals surface area contributed by atoms with E-state index in [1.165, 1.54) is 7.11 Å². The first-order chi connectivity index (χ1) is 16.0. The van der Waals surface area contributed by atoms with E-state index >= 15 is 0 Å². The third-order valence-electron chi connectivity index (χ3n) is 6.04. The molecule has 1 aromatic carbocycles. The molecule has 3 aliphatic heterocycles. The number of nitrogens with one attached hydrogen (secondary N) is 2. The van der Waals surface area contributed by atoms with Crippen molar-refractivity contribution in [3.8, 4) is 5.75 Å². The van der Waals surface area contributed by atoms with Gasteiger partial charge in [0.1, 0.15) is 18.2 Å². The van der Waals surface area contributed by atoms with Crippen LogP contribution in [0.5, 0.6) is 5.75 Å². The molecule has 0 spiro atoms. The summed E-state index contributed by atoms with van der Waals surface area (Å²) in [4.78, 5) is 15.8. The fraction of sp³-hybridized carbons (Fsp3) is 0.583.